The van der Waals surface area contributed by atoms with Crippen LogP contribution in [0.25, 0.3) is 0 Å². The fourth-order valence-corrected chi connectivity index (χ4v) is 15.1. The van der Waals surface area contributed by atoms with Gasteiger partial charge in [0.15, 0.2) is 12.2 Å². The summed E-state index contributed by atoms with van der Waals surface area (Å²) in [6.45, 7) is 7.37. The van der Waals surface area contributed by atoms with Crippen LogP contribution in [0.2, 0.25) is 0 Å². The van der Waals surface area contributed by atoms with E-state index in [1.54, 1.807) is 0 Å². The number of hydrogen-bond donors (Lipinski definition) is 3. The van der Waals surface area contributed by atoms with Crippen LogP contribution in [0.1, 0.15) is 465 Å². The standard InChI is InChI=1S/C86H168O17P2/c1-6-9-12-15-18-21-24-26-28-30-31-32-33-34-36-38-40-46-51-56-61-66-71-85(90)102-82(76-97-84(89)70-65-60-55-50-45-39-37-35-29-27-25-22-19-16-13-10-7-2)78-101-105(94,95)99-74-80(87)73-98-104(92,93)100-77-81(75-96-83(88)69-64-59-54-49-43-23-20-17-14-11-8-3)103-86(91)72-67-62-57-52-47-42-41-44-48-53-58-63-68-79(4)5/h79-82,87H,6-78H2,1-5H3,(H,92,93)(H,94,95)/t80-,81+,82+/m0/s1. The minimum Gasteiger partial charge on any atom is -0.462 e. The van der Waals surface area contributed by atoms with E-state index in [0.29, 0.717) is 25.7 Å². The Morgan fingerprint density at radius 2 is 0.438 bits per heavy atom. The van der Waals surface area contributed by atoms with E-state index in [2.05, 4.69) is 34.6 Å². The zero-order valence-electron chi connectivity index (χ0n) is 68.9. The van der Waals surface area contributed by atoms with Gasteiger partial charge in [-0.05, 0) is 31.6 Å². The molecule has 0 saturated heterocycles. The summed E-state index contributed by atoms with van der Waals surface area (Å²) in [6, 6.07) is 0. The number of hydrogen-bond acceptors (Lipinski definition) is 15. The van der Waals surface area contributed by atoms with E-state index in [9.17, 15) is 43.2 Å². The second-order valence-corrected chi connectivity index (χ2v) is 34.3. The average Bonchev–Trinajstić information content (AvgIpc) is 0.909. The van der Waals surface area contributed by atoms with Crippen molar-refractivity contribution in [2.75, 3.05) is 39.6 Å². The third-order valence-electron chi connectivity index (χ3n) is 20.3. The summed E-state index contributed by atoms with van der Waals surface area (Å²) in [5, 5.41) is 10.7. The monoisotopic (exact) mass is 1540 g/mol. The van der Waals surface area contributed by atoms with Crippen molar-refractivity contribution < 1.29 is 80.2 Å². The van der Waals surface area contributed by atoms with Crippen molar-refractivity contribution in [1.29, 1.82) is 0 Å². The Kier molecular flexibility index (Phi) is 77.3. The van der Waals surface area contributed by atoms with Gasteiger partial charge in [-0.2, -0.15) is 0 Å². The molecule has 0 aromatic carbocycles. The maximum atomic E-state index is 13.1. The SMILES string of the molecule is CCCCCCCCCCCCCCCCCCCCCCCCC(=O)O[C@H](COC(=O)CCCCCCCCCCCCCCCCCCC)COP(=O)(O)OC[C@@H](O)COP(=O)(O)OC[C@@H](COC(=O)CCCCCCCCCCCCC)OC(=O)CCCCCCCCCCCCCCC(C)C. The third-order valence-corrected chi connectivity index (χ3v) is 22.2. The Morgan fingerprint density at radius 1 is 0.257 bits per heavy atom. The molecule has 0 rings (SSSR count). The van der Waals surface area contributed by atoms with Crippen LogP contribution in [0.4, 0.5) is 0 Å². The number of aliphatic hydroxyl groups is 1. The van der Waals surface area contributed by atoms with Gasteiger partial charge < -0.3 is 33.8 Å². The van der Waals surface area contributed by atoms with Crippen LogP contribution in [-0.4, -0.2) is 96.7 Å². The van der Waals surface area contributed by atoms with Crippen molar-refractivity contribution in [3.8, 4) is 0 Å². The van der Waals surface area contributed by atoms with Crippen molar-refractivity contribution >= 4 is 39.5 Å². The van der Waals surface area contributed by atoms with Crippen LogP contribution in [-0.2, 0) is 65.4 Å². The van der Waals surface area contributed by atoms with E-state index in [-0.39, 0.29) is 25.7 Å². The van der Waals surface area contributed by atoms with Gasteiger partial charge in [-0.15, -0.1) is 0 Å². The van der Waals surface area contributed by atoms with Crippen molar-refractivity contribution in [3.05, 3.63) is 0 Å². The number of carbonyl (C=O) groups excluding carboxylic acids is 4. The summed E-state index contributed by atoms with van der Waals surface area (Å²) in [5.74, 6) is -1.32. The topological polar surface area (TPSA) is 237 Å². The number of carbonyl (C=O) groups is 4. The van der Waals surface area contributed by atoms with Crippen LogP contribution in [0.3, 0.4) is 0 Å². The Morgan fingerprint density at radius 3 is 0.648 bits per heavy atom. The van der Waals surface area contributed by atoms with Gasteiger partial charge in [-0.3, -0.25) is 37.3 Å². The van der Waals surface area contributed by atoms with Gasteiger partial charge in [-0.1, -0.05) is 413 Å². The molecule has 0 saturated carbocycles. The number of ether oxygens (including phenoxy) is 4. The minimum atomic E-state index is -4.97. The molecule has 0 aliphatic heterocycles. The lowest BCUT2D eigenvalue weighted by Gasteiger charge is -2.21. The lowest BCUT2D eigenvalue weighted by molar-refractivity contribution is -0.161. The van der Waals surface area contributed by atoms with Crippen LogP contribution in [0.5, 0.6) is 0 Å². The van der Waals surface area contributed by atoms with Crippen LogP contribution < -0.4 is 0 Å². The summed E-state index contributed by atoms with van der Waals surface area (Å²) in [6.07, 6.45) is 72.2. The summed E-state index contributed by atoms with van der Waals surface area (Å²) in [4.78, 5) is 73.2. The molecule has 0 aromatic heterocycles. The molecule has 105 heavy (non-hydrogen) atoms. The maximum absolute atomic E-state index is 13.1. The number of phosphoric ester groups is 2. The molecule has 0 aromatic rings. The number of rotatable bonds is 86. The predicted octanol–water partition coefficient (Wildman–Crippen LogP) is 26.4. The van der Waals surface area contributed by atoms with E-state index >= 15 is 0 Å². The molecule has 0 fully saturated rings. The van der Waals surface area contributed by atoms with Crippen molar-refractivity contribution in [1.82, 2.24) is 0 Å². The molecular weight excluding hydrogens is 1370 g/mol. The van der Waals surface area contributed by atoms with Gasteiger partial charge in [-0.25, -0.2) is 9.13 Å². The fraction of sp³-hybridized carbons (Fsp3) is 0.953. The number of esters is 4. The lowest BCUT2D eigenvalue weighted by Crippen LogP contribution is -2.30. The summed E-state index contributed by atoms with van der Waals surface area (Å²) < 4.78 is 68.9. The first-order chi connectivity index (χ1) is 51.0. The summed E-state index contributed by atoms with van der Waals surface area (Å²) in [7, 11) is -9.93. The van der Waals surface area contributed by atoms with Gasteiger partial charge in [0.2, 0.25) is 0 Å². The van der Waals surface area contributed by atoms with Crippen molar-refractivity contribution in [2.24, 2.45) is 5.92 Å². The molecule has 3 N–H and O–H groups in total. The highest BCUT2D eigenvalue weighted by molar-refractivity contribution is 7.47. The zero-order chi connectivity index (χ0) is 76.9. The number of unbranched alkanes of at least 4 members (excludes halogenated alkanes) is 58. The first-order valence-electron chi connectivity index (χ1n) is 44.6. The highest BCUT2D eigenvalue weighted by Gasteiger charge is 2.30. The van der Waals surface area contributed by atoms with Crippen LogP contribution in [0.15, 0.2) is 0 Å². The van der Waals surface area contributed by atoms with Gasteiger partial charge in [0.25, 0.3) is 0 Å². The molecule has 0 spiro atoms. The van der Waals surface area contributed by atoms with Gasteiger partial charge in [0.05, 0.1) is 26.4 Å². The Hall–Kier alpha value is -1.94. The predicted molar refractivity (Wildman–Crippen MR) is 432 cm³/mol. The molecule has 0 bridgehead atoms. The van der Waals surface area contributed by atoms with Crippen molar-refractivity contribution in [3.63, 3.8) is 0 Å². The van der Waals surface area contributed by atoms with Crippen LogP contribution in [0, 0.1) is 5.92 Å². The molecule has 2 unspecified atom stereocenters. The second kappa shape index (κ2) is 78.7. The Labute approximate surface area is 645 Å². The van der Waals surface area contributed by atoms with E-state index in [0.717, 1.165) is 95.8 Å². The molecule has 0 aliphatic rings. The number of aliphatic hydroxyl groups excluding tert-OH is 1. The molecule has 0 amide bonds. The highest BCUT2D eigenvalue weighted by atomic mass is 31.2. The summed E-state index contributed by atoms with van der Waals surface area (Å²) in [5.41, 5.74) is 0. The van der Waals surface area contributed by atoms with E-state index in [1.165, 1.54) is 289 Å². The van der Waals surface area contributed by atoms with E-state index < -0.39 is 97.5 Å². The molecule has 0 heterocycles. The molecular formula is C86H168O17P2. The molecule has 19 heteroatoms. The Bertz CT molecular complexity index is 2000. The molecule has 0 radical (unpaired) electrons. The highest BCUT2D eigenvalue weighted by Crippen LogP contribution is 2.45. The quantitative estimate of drug-likeness (QED) is 0.0222. The Balaban J connectivity index is 5.22. The zero-order valence-corrected chi connectivity index (χ0v) is 70.7. The minimum absolute atomic E-state index is 0.108. The third kappa shape index (κ3) is 79.9. The first-order valence-corrected chi connectivity index (χ1v) is 47.6. The molecule has 17 nitrogen and oxygen atoms in total. The van der Waals surface area contributed by atoms with Gasteiger partial charge in [0, 0.05) is 25.7 Å². The summed E-state index contributed by atoms with van der Waals surface area (Å²) >= 11 is 0. The van der Waals surface area contributed by atoms with Crippen LogP contribution >= 0.6 is 15.6 Å². The smallest absolute Gasteiger partial charge is 0.462 e. The lowest BCUT2D eigenvalue weighted by atomic mass is 10.0. The van der Waals surface area contributed by atoms with Gasteiger partial charge in [0.1, 0.15) is 19.3 Å². The second-order valence-electron chi connectivity index (χ2n) is 31.4. The van der Waals surface area contributed by atoms with E-state index in [4.69, 9.17) is 37.0 Å². The first kappa shape index (κ1) is 103. The van der Waals surface area contributed by atoms with Crippen molar-refractivity contribution in [2.45, 2.75) is 483 Å². The normalized spacial score (nSPS) is 13.8. The molecule has 0 aliphatic carbocycles. The number of phosphoric acid groups is 2. The average molecular weight is 1540 g/mol. The van der Waals surface area contributed by atoms with Gasteiger partial charge >= 0.3 is 39.5 Å². The largest absolute Gasteiger partial charge is 0.472 e. The fourth-order valence-electron chi connectivity index (χ4n) is 13.5. The van der Waals surface area contributed by atoms with E-state index in [1.807, 2.05) is 0 Å². The maximum Gasteiger partial charge on any atom is 0.472 e. The molecule has 624 valence electrons. The molecule has 5 atom stereocenters.